The maximum Gasteiger partial charge on any atom is 0.134 e. The molecule has 1 aliphatic heterocycles. The molecule has 0 bridgehead atoms. The van der Waals surface area contributed by atoms with Gasteiger partial charge in [0.2, 0.25) is 0 Å². The molecule has 6 aromatic heterocycles. The van der Waals surface area contributed by atoms with E-state index in [0.717, 1.165) is 110 Å². The molecule has 330 valence electrons. The number of fused-ring (bicyclic) bond motifs is 7. The Bertz CT molecular complexity index is 3080. The van der Waals surface area contributed by atoms with Crippen LogP contribution in [0.25, 0.3) is 93.8 Å². The lowest BCUT2D eigenvalue weighted by Crippen LogP contribution is -2.56. The minimum Gasteiger partial charge on any atom is -0.206 e. The van der Waals surface area contributed by atoms with Crippen molar-refractivity contribution < 1.29 is 8.78 Å². The van der Waals surface area contributed by atoms with E-state index < -0.39 is 8.07 Å². The molecule has 2 atom stereocenters. The van der Waals surface area contributed by atoms with Crippen LogP contribution >= 0.6 is 68.8 Å². The first-order chi connectivity index (χ1) is 31.8. The molecule has 4 aromatic carbocycles. The standard InChI is InChI=1S/C52H48F2N4S6Si/c1-5-9-15-29(7-3)27-65(28-30(8-4)16-10-6-2)43-25-41(45-35(53)23-33(47-49(45)57-63-55-47)39-21-31-17-11-13-19-37(31)59-39)61-51(43)52-44(65)26-42(62-52)46-36(54)24-34(48-50(46)58-64-56-48)40-22-32-18-12-14-20-38(32)60-40/h11-14,17-26,29-30H,5-10,15-16,27-28H2,1-4H3. The number of halogens is 2. The summed E-state index contributed by atoms with van der Waals surface area (Å²) in [4.78, 5) is 6.31. The van der Waals surface area contributed by atoms with Crippen LogP contribution in [0.3, 0.4) is 0 Å². The predicted molar refractivity (Wildman–Crippen MR) is 283 cm³/mol. The van der Waals surface area contributed by atoms with Crippen molar-refractivity contribution in [2.24, 2.45) is 11.8 Å². The first-order valence-electron chi connectivity index (χ1n) is 23.0. The number of benzene rings is 4. The molecule has 10 aromatic rings. The molecule has 13 heteroatoms. The van der Waals surface area contributed by atoms with E-state index in [1.807, 2.05) is 24.3 Å². The SMILES string of the molecule is CCCCC(CC)C[Si]1(CC(CC)CCCC)c2cc(-c3c(F)cc(-c4cc5ccccc5s4)c4nsnc34)sc2-c2sc(-c3c(F)cc(-c4cc5ccccc5s4)c4nsnc34)cc21. The van der Waals surface area contributed by atoms with E-state index in [1.54, 1.807) is 57.5 Å². The summed E-state index contributed by atoms with van der Waals surface area (Å²) in [5.41, 5.74) is 5.44. The Hall–Kier alpha value is -4.08. The first kappa shape index (κ1) is 43.5. The number of nitrogens with zero attached hydrogens (tertiary/aromatic N) is 4. The van der Waals surface area contributed by atoms with E-state index in [1.165, 1.54) is 58.7 Å². The molecular formula is C52H48F2N4S6Si. The smallest absolute Gasteiger partial charge is 0.134 e. The minimum atomic E-state index is -2.56. The van der Waals surface area contributed by atoms with Gasteiger partial charge in [0.15, 0.2) is 0 Å². The monoisotopic (exact) mass is 986 g/mol. The second-order valence-electron chi connectivity index (χ2n) is 17.8. The Kier molecular flexibility index (Phi) is 11.9. The Morgan fingerprint density at radius 2 is 0.938 bits per heavy atom. The van der Waals surface area contributed by atoms with Crippen LogP contribution in [-0.2, 0) is 0 Å². The number of rotatable bonds is 16. The van der Waals surface area contributed by atoms with Crippen molar-refractivity contribution >= 4 is 129 Å². The van der Waals surface area contributed by atoms with Gasteiger partial charge in [-0.25, -0.2) is 8.78 Å². The summed E-state index contributed by atoms with van der Waals surface area (Å²) in [5, 5.41) is 5.17. The third-order valence-electron chi connectivity index (χ3n) is 13.9. The van der Waals surface area contributed by atoms with Gasteiger partial charge in [-0.1, -0.05) is 115 Å². The van der Waals surface area contributed by atoms with Gasteiger partial charge < -0.3 is 0 Å². The summed E-state index contributed by atoms with van der Waals surface area (Å²) >= 11 is 9.06. The average Bonchev–Trinajstić information content (AvgIpc) is 4.19. The van der Waals surface area contributed by atoms with Crippen molar-refractivity contribution in [1.29, 1.82) is 0 Å². The predicted octanol–water partition coefficient (Wildman–Crippen LogP) is 17.2. The Labute approximate surface area is 403 Å². The van der Waals surface area contributed by atoms with Gasteiger partial charge in [-0.2, -0.15) is 17.5 Å². The highest BCUT2D eigenvalue weighted by Gasteiger charge is 2.50. The fourth-order valence-electron chi connectivity index (χ4n) is 10.5. The van der Waals surface area contributed by atoms with Crippen LogP contribution in [0, 0.1) is 23.5 Å². The van der Waals surface area contributed by atoms with Crippen molar-refractivity contribution in [3.05, 3.63) is 96.6 Å². The summed E-state index contributed by atoms with van der Waals surface area (Å²) in [6.45, 7) is 9.32. The zero-order chi connectivity index (χ0) is 44.4. The topological polar surface area (TPSA) is 51.6 Å². The lowest BCUT2D eigenvalue weighted by atomic mass is 10.0. The first-order valence-corrected chi connectivity index (χ1v) is 30.1. The van der Waals surface area contributed by atoms with Crippen molar-refractivity contribution in [2.75, 3.05) is 0 Å². The van der Waals surface area contributed by atoms with Gasteiger partial charge in [0, 0.05) is 49.8 Å². The number of aromatic nitrogens is 4. The van der Waals surface area contributed by atoms with Crippen LogP contribution in [0.2, 0.25) is 12.1 Å². The van der Waals surface area contributed by atoms with Gasteiger partial charge in [-0.3, -0.25) is 0 Å². The summed E-state index contributed by atoms with van der Waals surface area (Å²) in [7, 11) is -2.56. The molecule has 7 heterocycles. The number of hydrogen-bond acceptors (Lipinski definition) is 10. The Morgan fingerprint density at radius 3 is 1.35 bits per heavy atom. The number of thiophene rings is 4. The van der Waals surface area contributed by atoms with Gasteiger partial charge in [-0.15, -0.1) is 45.3 Å². The summed E-state index contributed by atoms with van der Waals surface area (Å²) in [6, 6.07) is 31.3. The highest BCUT2D eigenvalue weighted by Crippen LogP contribution is 2.52. The molecule has 0 spiro atoms. The van der Waals surface area contributed by atoms with Crippen molar-refractivity contribution in [3.63, 3.8) is 0 Å². The molecule has 1 aliphatic rings. The molecule has 0 fully saturated rings. The lowest BCUT2D eigenvalue weighted by molar-refractivity contribution is 0.469. The van der Waals surface area contributed by atoms with E-state index >= 15 is 8.78 Å². The van der Waals surface area contributed by atoms with Gasteiger partial charge >= 0.3 is 0 Å². The van der Waals surface area contributed by atoms with E-state index in [-0.39, 0.29) is 11.6 Å². The van der Waals surface area contributed by atoms with Crippen LogP contribution in [0.15, 0.2) is 84.9 Å². The van der Waals surface area contributed by atoms with E-state index in [0.29, 0.717) is 34.0 Å². The summed E-state index contributed by atoms with van der Waals surface area (Å²) < 4.78 is 55.9. The third-order valence-corrected chi connectivity index (χ3v) is 25.5. The van der Waals surface area contributed by atoms with E-state index in [9.17, 15) is 0 Å². The zero-order valence-corrected chi connectivity index (χ0v) is 42.7. The van der Waals surface area contributed by atoms with Crippen molar-refractivity contribution in [2.45, 2.75) is 91.1 Å². The van der Waals surface area contributed by atoms with E-state index in [4.69, 9.17) is 17.5 Å². The number of unbranched alkanes of at least 4 members (excludes halogenated alkanes) is 2. The molecule has 65 heavy (non-hydrogen) atoms. The van der Waals surface area contributed by atoms with Crippen molar-refractivity contribution in [3.8, 4) is 51.5 Å². The van der Waals surface area contributed by atoms with Gasteiger partial charge in [0.1, 0.15) is 41.8 Å². The van der Waals surface area contributed by atoms with Crippen LogP contribution in [0.1, 0.15) is 79.1 Å². The molecule has 0 aliphatic carbocycles. The highest BCUT2D eigenvalue weighted by molar-refractivity contribution is 7.32. The Morgan fingerprint density at radius 1 is 0.508 bits per heavy atom. The fraction of sp³-hybridized carbons (Fsp3) is 0.308. The van der Waals surface area contributed by atoms with Crippen LogP contribution in [-0.4, -0.2) is 25.6 Å². The van der Waals surface area contributed by atoms with E-state index in [2.05, 4.69) is 76.2 Å². The summed E-state index contributed by atoms with van der Waals surface area (Å²) in [6.07, 6.45) is 9.39. The second kappa shape index (κ2) is 17.9. The maximum atomic E-state index is 17.2. The lowest BCUT2D eigenvalue weighted by Gasteiger charge is -2.35. The molecule has 11 rings (SSSR count). The molecule has 0 radical (unpaired) electrons. The zero-order valence-electron chi connectivity index (χ0n) is 36.8. The minimum absolute atomic E-state index is 0.264. The van der Waals surface area contributed by atoms with Crippen LogP contribution in [0.5, 0.6) is 0 Å². The third kappa shape index (κ3) is 7.48. The fourth-order valence-corrected chi connectivity index (χ4v) is 24.3. The molecule has 0 saturated heterocycles. The van der Waals surface area contributed by atoms with Crippen LogP contribution in [0.4, 0.5) is 8.78 Å². The molecule has 0 N–H and O–H groups in total. The van der Waals surface area contributed by atoms with Gasteiger partial charge in [0.05, 0.1) is 34.6 Å². The number of hydrogen-bond donors (Lipinski definition) is 0. The molecule has 0 saturated carbocycles. The molecule has 2 unspecified atom stereocenters. The normalized spacial score (nSPS) is 14.3. The molecule has 4 nitrogen and oxygen atoms in total. The Balaban J connectivity index is 1.10. The average molecular weight is 987 g/mol. The highest BCUT2D eigenvalue weighted by atomic mass is 32.1. The largest absolute Gasteiger partial charge is 0.206 e. The van der Waals surface area contributed by atoms with Crippen LogP contribution < -0.4 is 10.4 Å². The summed E-state index contributed by atoms with van der Waals surface area (Å²) in [5.74, 6) is 0.601. The maximum absolute atomic E-state index is 17.2. The second-order valence-corrected chi connectivity index (χ2v) is 27.2. The molecular weight excluding hydrogens is 939 g/mol. The van der Waals surface area contributed by atoms with Gasteiger partial charge in [-0.05, 0) is 93.6 Å². The van der Waals surface area contributed by atoms with Crippen molar-refractivity contribution in [1.82, 2.24) is 17.5 Å². The quantitative estimate of drug-likeness (QED) is 0.0905. The van der Waals surface area contributed by atoms with Gasteiger partial charge in [0.25, 0.3) is 0 Å². The molecule has 0 amide bonds.